The van der Waals surface area contributed by atoms with E-state index in [1.165, 1.54) is 10.7 Å². The fraction of sp³-hybridized carbons (Fsp3) is 0.200. The maximum atomic E-state index is 13.9. The molecule has 3 heterocycles. The number of anilines is 1. The summed E-state index contributed by atoms with van der Waals surface area (Å²) >= 11 is 6.05. The van der Waals surface area contributed by atoms with Gasteiger partial charge in [0.1, 0.15) is 12.5 Å². The van der Waals surface area contributed by atoms with Gasteiger partial charge in [-0.1, -0.05) is 17.7 Å². The van der Waals surface area contributed by atoms with Crippen LogP contribution < -0.4 is 5.32 Å². The monoisotopic (exact) mass is 427 g/mol. The highest BCUT2D eigenvalue weighted by Gasteiger charge is 2.13. The molecule has 1 N–H and O–H groups in total. The lowest BCUT2D eigenvalue weighted by Gasteiger charge is -2.06. The smallest absolute Gasteiger partial charge is 0.277 e. The van der Waals surface area contributed by atoms with Gasteiger partial charge in [0.05, 0.1) is 12.2 Å². The second-order valence-electron chi connectivity index (χ2n) is 6.86. The van der Waals surface area contributed by atoms with Crippen LogP contribution in [0.2, 0.25) is 5.02 Å². The van der Waals surface area contributed by atoms with Crippen LogP contribution in [0, 0.1) is 19.7 Å². The Morgan fingerprint density at radius 1 is 1.10 bits per heavy atom. The summed E-state index contributed by atoms with van der Waals surface area (Å²) in [6, 6.07) is 9.73. The number of benzene rings is 1. The zero-order valence-electron chi connectivity index (χ0n) is 16.4. The third-order valence-corrected chi connectivity index (χ3v) is 4.87. The van der Waals surface area contributed by atoms with E-state index >= 15 is 0 Å². The van der Waals surface area contributed by atoms with Gasteiger partial charge in [0.25, 0.3) is 5.91 Å². The molecule has 0 saturated carbocycles. The molecule has 10 heteroatoms. The zero-order valence-corrected chi connectivity index (χ0v) is 17.1. The van der Waals surface area contributed by atoms with E-state index in [0.717, 1.165) is 11.4 Å². The molecule has 3 aromatic heterocycles. The molecule has 0 radical (unpaired) electrons. The average molecular weight is 428 g/mol. The molecule has 0 fully saturated rings. The summed E-state index contributed by atoms with van der Waals surface area (Å²) in [4.78, 5) is 12.5. The molecule has 4 rings (SSSR count). The average Bonchev–Trinajstić information content (AvgIpc) is 3.40. The Balaban J connectivity index is 1.41. The van der Waals surface area contributed by atoms with Crippen molar-refractivity contribution >= 4 is 23.3 Å². The van der Waals surface area contributed by atoms with Crippen LogP contribution in [0.1, 0.15) is 27.4 Å². The third kappa shape index (κ3) is 4.25. The lowest BCUT2D eigenvalue weighted by molar-refractivity contribution is 0.102. The van der Waals surface area contributed by atoms with Crippen LogP contribution in [-0.4, -0.2) is 35.2 Å². The Hall–Kier alpha value is -3.46. The van der Waals surface area contributed by atoms with Crippen molar-refractivity contribution in [2.75, 3.05) is 5.32 Å². The van der Waals surface area contributed by atoms with Gasteiger partial charge in [-0.2, -0.15) is 15.3 Å². The highest BCUT2D eigenvalue weighted by Crippen LogP contribution is 2.20. The summed E-state index contributed by atoms with van der Waals surface area (Å²) in [5.74, 6) is -0.464. The fourth-order valence-electron chi connectivity index (χ4n) is 3.06. The van der Waals surface area contributed by atoms with E-state index in [-0.39, 0.29) is 12.2 Å². The third-order valence-electron chi connectivity index (χ3n) is 4.52. The van der Waals surface area contributed by atoms with Crippen LogP contribution in [0.4, 0.5) is 10.2 Å². The first kappa shape index (κ1) is 19.8. The minimum Gasteiger partial charge on any atom is -0.304 e. The molecular weight excluding hydrogens is 409 g/mol. The van der Waals surface area contributed by atoms with Gasteiger partial charge in [0, 0.05) is 34.7 Å². The van der Waals surface area contributed by atoms with E-state index in [1.807, 2.05) is 19.9 Å². The first-order valence-electron chi connectivity index (χ1n) is 9.21. The highest BCUT2D eigenvalue weighted by molar-refractivity contribution is 6.31. The molecule has 0 unspecified atom stereocenters. The van der Waals surface area contributed by atoms with Gasteiger partial charge < -0.3 is 5.32 Å². The minimum absolute atomic E-state index is 0.151. The summed E-state index contributed by atoms with van der Waals surface area (Å²) in [6.07, 6.45) is 3.35. The molecular formula is C20H19ClFN7O. The predicted molar refractivity (Wildman–Crippen MR) is 110 cm³/mol. The van der Waals surface area contributed by atoms with Crippen molar-refractivity contribution < 1.29 is 9.18 Å². The summed E-state index contributed by atoms with van der Waals surface area (Å²) < 4.78 is 18.9. The molecule has 154 valence electrons. The van der Waals surface area contributed by atoms with Crippen molar-refractivity contribution in [3.05, 3.63) is 82.3 Å². The largest absolute Gasteiger partial charge is 0.304 e. The van der Waals surface area contributed by atoms with Crippen molar-refractivity contribution in [1.82, 2.24) is 29.3 Å². The fourth-order valence-corrected chi connectivity index (χ4v) is 3.28. The lowest BCUT2D eigenvalue weighted by Crippen LogP contribution is -2.16. The number of hydrogen-bond acceptors (Lipinski definition) is 4. The number of halogens is 2. The Kier molecular flexibility index (Phi) is 5.37. The summed E-state index contributed by atoms with van der Waals surface area (Å²) in [6.45, 7) is 4.44. The number of amides is 1. The van der Waals surface area contributed by atoms with Crippen molar-refractivity contribution in [2.24, 2.45) is 0 Å². The van der Waals surface area contributed by atoms with Gasteiger partial charge in [-0.3, -0.25) is 14.2 Å². The van der Waals surface area contributed by atoms with E-state index in [2.05, 4.69) is 20.6 Å². The standard InChI is InChI=1S/C20H19ClFN7O/c1-13-10-14(2)29(24-13)12-28-8-6-18(25-28)20(30)23-19-7-9-27(26-19)11-15-16(21)4-3-5-17(15)22/h3-10H,11-12H2,1-2H3,(H,23,26,30). The minimum atomic E-state index is -0.406. The van der Waals surface area contributed by atoms with E-state index in [4.69, 9.17) is 11.6 Å². The van der Waals surface area contributed by atoms with E-state index in [0.29, 0.717) is 23.1 Å². The molecule has 0 bridgehead atoms. The number of nitrogens with one attached hydrogen (secondary N) is 1. The molecule has 0 saturated heterocycles. The first-order chi connectivity index (χ1) is 14.4. The molecule has 0 atom stereocenters. The van der Waals surface area contributed by atoms with Crippen LogP contribution in [0.25, 0.3) is 0 Å². The topological polar surface area (TPSA) is 82.6 Å². The number of carbonyl (C=O) groups is 1. The lowest BCUT2D eigenvalue weighted by atomic mass is 10.2. The number of aryl methyl sites for hydroxylation is 2. The Bertz CT molecular complexity index is 1190. The van der Waals surface area contributed by atoms with Crippen LogP contribution >= 0.6 is 11.6 Å². The Morgan fingerprint density at radius 2 is 1.90 bits per heavy atom. The molecule has 0 aliphatic rings. The molecule has 1 aromatic carbocycles. The number of nitrogens with zero attached hydrogens (tertiary/aromatic N) is 6. The predicted octanol–water partition coefficient (Wildman–Crippen LogP) is 3.49. The van der Waals surface area contributed by atoms with Gasteiger partial charge in [-0.05, 0) is 38.1 Å². The summed E-state index contributed by atoms with van der Waals surface area (Å²) in [5.41, 5.74) is 2.52. The van der Waals surface area contributed by atoms with Crippen molar-refractivity contribution in [2.45, 2.75) is 27.1 Å². The van der Waals surface area contributed by atoms with Crippen LogP contribution in [0.3, 0.4) is 0 Å². The second-order valence-corrected chi connectivity index (χ2v) is 7.27. The summed E-state index contributed by atoms with van der Waals surface area (Å²) in [7, 11) is 0. The molecule has 0 aliphatic carbocycles. The van der Waals surface area contributed by atoms with Crippen molar-refractivity contribution in [3.63, 3.8) is 0 Å². The molecule has 8 nitrogen and oxygen atoms in total. The van der Waals surface area contributed by atoms with Crippen LogP contribution in [0.15, 0.2) is 48.8 Å². The SMILES string of the molecule is Cc1cc(C)n(Cn2ccc(C(=O)Nc3ccn(Cc4c(F)cccc4Cl)n3)n2)n1. The number of carbonyl (C=O) groups excluding carboxylic acids is 1. The van der Waals surface area contributed by atoms with E-state index in [1.54, 1.807) is 46.0 Å². The first-order valence-corrected chi connectivity index (χ1v) is 9.59. The van der Waals surface area contributed by atoms with Crippen LogP contribution in [0.5, 0.6) is 0 Å². The van der Waals surface area contributed by atoms with Crippen LogP contribution in [-0.2, 0) is 13.2 Å². The molecule has 0 aliphatic heterocycles. The Labute approximate surface area is 176 Å². The van der Waals surface area contributed by atoms with Gasteiger partial charge in [-0.25, -0.2) is 9.07 Å². The van der Waals surface area contributed by atoms with Gasteiger partial charge in [-0.15, -0.1) is 0 Å². The zero-order chi connectivity index (χ0) is 21.3. The maximum absolute atomic E-state index is 13.9. The van der Waals surface area contributed by atoms with Crippen molar-refractivity contribution in [1.29, 1.82) is 0 Å². The van der Waals surface area contributed by atoms with Gasteiger partial charge in [0.2, 0.25) is 0 Å². The number of rotatable bonds is 6. The van der Waals surface area contributed by atoms with E-state index < -0.39 is 11.7 Å². The maximum Gasteiger partial charge on any atom is 0.277 e. The van der Waals surface area contributed by atoms with Crippen molar-refractivity contribution in [3.8, 4) is 0 Å². The number of aromatic nitrogens is 6. The summed E-state index contributed by atoms with van der Waals surface area (Å²) in [5, 5.41) is 15.9. The molecule has 4 aromatic rings. The van der Waals surface area contributed by atoms with Gasteiger partial charge >= 0.3 is 0 Å². The quantitative estimate of drug-likeness (QED) is 0.510. The normalized spacial score (nSPS) is 11.1. The number of hydrogen-bond donors (Lipinski definition) is 1. The highest BCUT2D eigenvalue weighted by atomic mass is 35.5. The molecule has 30 heavy (non-hydrogen) atoms. The second kappa shape index (κ2) is 8.11. The Morgan fingerprint density at radius 3 is 2.63 bits per heavy atom. The van der Waals surface area contributed by atoms with Gasteiger partial charge in [0.15, 0.2) is 11.5 Å². The molecule has 0 spiro atoms. The molecule has 1 amide bonds. The van der Waals surface area contributed by atoms with E-state index in [9.17, 15) is 9.18 Å².